The number of aromatic nitrogens is 12. The Morgan fingerprint density at radius 1 is 0.259 bits per heavy atom. The van der Waals surface area contributed by atoms with E-state index in [1.165, 1.54) is 0 Å². The first-order chi connectivity index (χ1) is 40.2. The summed E-state index contributed by atoms with van der Waals surface area (Å²) < 4.78 is 8.62. The van der Waals surface area contributed by atoms with Crippen molar-refractivity contribution >= 4 is 73.9 Å². The molecule has 1 aliphatic heterocycles. The van der Waals surface area contributed by atoms with Crippen LogP contribution in [-0.4, -0.2) is 58.1 Å². The second kappa shape index (κ2) is 18.6. The average molecular weight is 1040 g/mol. The molecule has 16 rings (SSSR count). The Morgan fingerprint density at radius 2 is 0.543 bits per heavy atom. The number of hydrogen-bond donors (Lipinski definition) is 0. The topological polar surface area (TPSA) is 126 Å². The van der Waals surface area contributed by atoms with Gasteiger partial charge in [0.05, 0.1) is 11.4 Å². The highest BCUT2D eigenvalue weighted by atomic mass is 15.2. The molecule has 0 radical (unpaired) electrons. The van der Waals surface area contributed by atoms with Gasteiger partial charge in [-0.05, 0) is 133 Å². The number of anilines is 3. The summed E-state index contributed by atoms with van der Waals surface area (Å²) in [5.41, 5.74) is 17.6. The molecular formula is C68H43N13. The molecule has 0 saturated heterocycles. The Kier molecular flexibility index (Phi) is 10.5. The van der Waals surface area contributed by atoms with Crippen LogP contribution in [0, 0.1) is 0 Å². The van der Waals surface area contributed by atoms with Crippen LogP contribution >= 0.6 is 0 Å². The summed E-state index contributed by atoms with van der Waals surface area (Å²) in [4.78, 5) is 44.2. The molecule has 0 unspecified atom stereocenters. The maximum absolute atomic E-state index is 5.52. The zero-order chi connectivity index (χ0) is 53.4. The summed E-state index contributed by atoms with van der Waals surface area (Å²) in [6.07, 6.45) is 11.8. The van der Waals surface area contributed by atoms with Gasteiger partial charge in [-0.3, -0.25) is 18.3 Å². The molecule has 0 N–H and O–H groups in total. The van der Waals surface area contributed by atoms with Gasteiger partial charge < -0.3 is 4.90 Å². The van der Waals surface area contributed by atoms with Crippen molar-refractivity contribution in [2.24, 2.45) is 0 Å². The van der Waals surface area contributed by atoms with Crippen molar-refractivity contribution in [2.75, 3.05) is 4.90 Å². The van der Waals surface area contributed by atoms with Crippen molar-refractivity contribution in [3.05, 3.63) is 260 Å². The number of imidazole rings is 4. The first kappa shape index (κ1) is 45.7. The first-order valence-corrected chi connectivity index (χ1v) is 26.7. The van der Waals surface area contributed by atoms with Crippen LogP contribution in [0.3, 0.4) is 0 Å². The standard InChI is InChI=1S/C68H43N13/c1-6-20-46(21-7-1)77-59-42-44(61-73-55-30-16-36-69-65(55)78(61)47-22-8-2-9-23-47)40-53(63-75-57-32-18-38-71-67(57)80(63)49-26-12-4-13-27-49)51(59)34-35-52-54(64-76-58-33-19-39-72-68(58)81(64)50-28-14-5-15-29-50)41-45(43-60(52)77)62-74-56-31-17-37-70-66(56)79(62)48-24-10-3-11-25-48/h1-43H. The molecule has 380 valence electrons. The third-order valence-corrected chi connectivity index (χ3v) is 14.9. The highest BCUT2D eigenvalue weighted by molar-refractivity contribution is 6.04. The van der Waals surface area contributed by atoms with Crippen LogP contribution in [0.1, 0.15) is 11.1 Å². The fraction of sp³-hybridized carbons (Fsp3) is 0. The molecule has 7 aromatic carbocycles. The Balaban J connectivity index is 1.06. The Bertz CT molecular complexity index is 4640. The van der Waals surface area contributed by atoms with Gasteiger partial charge in [0.1, 0.15) is 45.4 Å². The van der Waals surface area contributed by atoms with Gasteiger partial charge in [-0.1, -0.05) is 103 Å². The number of pyridine rings is 4. The van der Waals surface area contributed by atoms with E-state index in [0.717, 1.165) is 118 Å². The van der Waals surface area contributed by atoms with Crippen LogP contribution in [0.15, 0.2) is 249 Å². The molecule has 0 aliphatic carbocycles. The molecule has 15 aromatic rings. The Morgan fingerprint density at radius 3 is 0.864 bits per heavy atom. The smallest absolute Gasteiger partial charge is 0.164 e. The lowest BCUT2D eigenvalue weighted by molar-refractivity contribution is 1.07. The highest BCUT2D eigenvalue weighted by Gasteiger charge is 2.32. The van der Waals surface area contributed by atoms with E-state index in [4.69, 9.17) is 39.9 Å². The van der Waals surface area contributed by atoms with Gasteiger partial charge in [0, 0.05) is 86.6 Å². The van der Waals surface area contributed by atoms with Gasteiger partial charge in [-0.15, -0.1) is 0 Å². The average Bonchev–Trinajstić information content (AvgIpc) is 4.47. The molecule has 0 atom stereocenters. The zero-order valence-electron chi connectivity index (χ0n) is 43.1. The van der Waals surface area contributed by atoms with E-state index in [1.807, 2.05) is 146 Å². The SMILES string of the molecule is C1=Cc2c(-c3nc4cccnc4n3-c3ccccc3)cc(-c3nc4cccnc4n3-c3ccccc3)cc2N(c2ccccc2)c2cc(-c3nc4cccnc4n3-c3ccccc3)cc(-c3nc4cccnc4n3-c3ccccc3)c21. The van der Waals surface area contributed by atoms with Gasteiger partial charge in [0.15, 0.2) is 22.6 Å². The van der Waals surface area contributed by atoms with Gasteiger partial charge in [0.25, 0.3) is 0 Å². The van der Waals surface area contributed by atoms with Gasteiger partial charge >= 0.3 is 0 Å². The summed E-state index contributed by atoms with van der Waals surface area (Å²) in [7, 11) is 0. The van der Waals surface area contributed by atoms with E-state index >= 15 is 0 Å². The van der Waals surface area contributed by atoms with Crippen LogP contribution in [0.5, 0.6) is 0 Å². The minimum Gasteiger partial charge on any atom is -0.309 e. The fourth-order valence-corrected chi connectivity index (χ4v) is 11.5. The monoisotopic (exact) mass is 1040 g/mol. The van der Waals surface area contributed by atoms with E-state index in [1.54, 1.807) is 0 Å². The molecule has 13 heteroatoms. The predicted molar refractivity (Wildman–Crippen MR) is 321 cm³/mol. The number of hydrogen-bond acceptors (Lipinski definition) is 9. The molecule has 0 amide bonds. The summed E-state index contributed by atoms with van der Waals surface area (Å²) in [6.45, 7) is 0. The lowest BCUT2D eigenvalue weighted by Gasteiger charge is -2.30. The van der Waals surface area contributed by atoms with Gasteiger partial charge in [0.2, 0.25) is 0 Å². The number of benzene rings is 7. The van der Waals surface area contributed by atoms with Crippen LogP contribution in [0.2, 0.25) is 0 Å². The summed E-state index contributed by atoms with van der Waals surface area (Å²) in [5.74, 6) is 2.84. The van der Waals surface area contributed by atoms with Crippen molar-refractivity contribution in [3.8, 4) is 68.3 Å². The number of rotatable bonds is 9. The third-order valence-electron chi connectivity index (χ3n) is 14.9. The van der Waals surface area contributed by atoms with Crippen LogP contribution in [0.25, 0.3) is 125 Å². The zero-order valence-corrected chi connectivity index (χ0v) is 43.1. The van der Waals surface area contributed by atoms with E-state index < -0.39 is 0 Å². The molecule has 9 heterocycles. The Labute approximate surface area is 463 Å². The fourth-order valence-electron chi connectivity index (χ4n) is 11.5. The van der Waals surface area contributed by atoms with Crippen LogP contribution in [0.4, 0.5) is 17.1 Å². The maximum Gasteiger partial charge on any atom is 0.164 e. The van der Waals surface area contributed by atoms with Crippen molar-refractivity contribution in [1.29, 1.82) is 0 Å². The predicted octanol–water partition coefficient (Wildman–Crippen LogP) is 15.2. The molecular weight excluding hydrogens is 999 g/mol. The largest absolute Gasteiger partial charge is 0.309 e. The highest BCUT2D eigenvalue weighted by Crippen LogP contribution is 2.51. The van der Waals surface area contributed by atoms with Crippen molar-refractivity contribution in [1.82, 2.24) is 58.1 Å². The van der Waals surface area contributed by atoms with Crippen molar-refractivity contribution in [3.63, 3.8) is 0 Å². The van der Waals surface area contributed by atoms with Crippen LogP contribution in [-0.2, 0) is 0 Å². The number of fused-ring (bicyclic) bond motifs is 6. The van der Waals surface area contributed by atoms with E-state index in [9.17, 15) is 0 Å². The van der Waals surface area contributed by atoms with E-state index in [2.05, 4.69) is 138 Å². The summed E-state index contributed by atoms with van der Waals surface area (Å²) in [5, 5.41) is 0. The summed E-state index contributed by atoms with van der Waals surface area (Å²) in [6, 6.07) is 76.6. The van der Waals surface area contributed by atoms with E-state index in [0.29, 0.717) is 23.3 Å². The number of para-hydroxylation sites is 5. The minimum atomic E-state index is 0.707. The number of nitrogens with zero attached hydrogens (tertiary/aromatic N) is 13. The third kappa shape index (κ3) is 7.48. The van der Waals surface area contributed by atoms with Gasteiger partial charge in [-0.2, -0.15) is 0 Å². The molecule has 0 fully saturated rings. The van der Waals surface area contributed by atoms with Gasteiger partial charge in [-0.25, -0.2) is 39.9 Å². The first-order valence-electron chi connectivity index (χ1n) is 26.7. The van der Waals surface area contributed by atoms with Crippen LogP contribution < -0.4 is 4.90 Å². The molecule has 8 aromatic heterocycles. The molecule has 13 nitrogen and oxygen atoms in total. The second-order valence-corrected chi connectivity index (χ2v) is 19.7. The maximum atomic E-state index is 5.52. The molecule has 1 aliphatic rings. The molecule has 0 spiro atoms. The van der Waals surface area contributed by atoms with Crippen molar-refractivity contribution in [2.45, 2.75) is 0 Å². The van der Waals surface area contributed by atoms with Crippen molar-refractivity contribution < 1.29 is 0 Å². The minimum absolute atomic E-state index is 0.707. The lowest BCUT2D eigenvalue weighted by Crippen LogP contribution is -2.14. The quantitative estimate of drug-likeness (QED) is 0.139. The molecule has 0 bridgehead atoms. The second-order valence-electron chi connectivity index (χ2n) is 19.7. The normalized spacial score (nSPS) is 12.1. The molecule has 0 saturated carbocycles. The summed E-state index contributed by atoms with van der Waals surface area (Å²) >= 11 is 0. The molecule has 81 heavy (non-hydrogen) atoms. The van der Waals surface area contributed by atoms with E-state index in [-0.39, 0.29) is 0 Å². The lowest BCUT2D eigenvalue weighted by atomic mass is 9.98. The Hall–Kier alpha value is -11.4.